The normalized spacial score (nSPS) is 11.3. The van der Waals surface area contributed by atoms with Crippen LogP contribution in [-0.2, 0) is 17.8 Å². The van der Waals surface area contributed by atoms with Crippen LogP contribution >= 0.6 is 24.0 Å². The average molecular weight is 551 g/mol. The van der Waals surface area contributed by atoms with Gasteiger partial charge in [-0.2, -0.15) is 0 Å². The van der Waals surface area contributed by atoms with Crippen LogP contribution in [0, 0.1) is 13.8 Å². The lowest BCUT2D eigenvalue weighted by atomic mass is 10.1. The largest absolute Gasteiger partial charge is 0.491 e. The highest BCUT2D eigenvalue weighted by Crippen LogP contribution is 2.21. The molecule has 0 bridgehead atoms. The van der Waals surface area contributed by atoms with E-state index >= 15 is 0 Å². The van der Waals surface area contributed by atoms with E-state index in [1.165, 1.54) is 0 Å². The fourth-order valence-corrected chi connectivity index (χ4v) is 3.43. The number of ether oxygens (including phenoxy) is 2. The number of imidazole rings is 1. The number of aromatic nitrogens is 2. The highest BCUT2D eigenvalue weighted by molar-refractivity contribution is 14.0. The summed E-state index contributed by atoms with van der Waals surface area (Å²) >= 11 is 0. The number of rotatable bonds is 10. The Labute approximate surface area is 207 Å². The van der Waals surface area contributed by atoms with Crippen LogP contribution in [0.5, 0.6) is 5.75 Å². The van der Waals surface area contributed by atoms with Gasteiger partial charge in [0.05, 0.1) is 24.2 Å². The molecule has 8 heteroatoms. The van der Waals surface area contributed by atoms with Crippen molar-refractivity contribution in [2.45, 2.75) is 33.9 Å². The van der Waals surface area contributed by atoms with Crippen molar-refractivity contribution in [2.24, 2.45) is 4.99 Å². The molecule has 0 aliphatic carbocycles. The van der Waals surface area contributed by atoms with Crippen molar-refractivity contribution >= 4 is 41.0 Å². The van der Waals surface area contributed by atoms with Crippen LogP contribution in [0.4, 0.5) is 0 Å². The fourth-order valence-electron chi connectivity index (χ4n) is 3.43. The van der Waals surface area contributed by atoms with Gasteiger partial charge in [-0.1, -0.05) is 24.3 Å². The second-order valence-corrected chi connectivity index (χ2v) is 7.37. The molecule has 0 amide bonds. The van der Waals surface area contributed by atoms with Gasteiger partial charge in [0.2, 0.25) is 0 Å². The van der Waals surface area contributed by atoms with E-state index < -0.39 is 0 Å². The van der Waals surface area contributed by atoms with Crippen LogP contribution in [0.2, 0.25) is 0 Å². The molecular formula is C24H34IN5O2. The summed E-state index contributed by atoms with van der Waals surface area (Å²) in [6.07, 6.45) is 0. The molecule has 7 nitrogen and oxygen atoms in total. The lowest BCUT2D eigenvalue weighted by Gasteiger charge is -2.14. The third-order valence-corrected chi connectivity index (χ3v) is 4.99. The Bertz CT molecular complexity index is 1020. The number of nitrogens with zero attached hydrogens (tertiary/aromatic N) is 3. The molecule has 3 aromatic rings. The molecule has 0 atom stereocenters. The van der Waals surface area contributed by atoms with Crippen molar-refractivity contribution in [1.82, 2.24) is 20.2 Å². The number of para-hydroxylation sites is 2. The Hall–Kier alpha value is -2.33. The monoisotopic (exact) mass is 551 g/mol. The van der Waals surface area contributed by atoms with Crippen LogP contribution in [0.1, 0.15) is 23.9 Å². The quantitative estimate of drug-likeness (QED) is 0.172. The summed E-state index contributed by atoms with van der Waals surface area (Å²) in [5, 5.41) is 6.75. The van der Waals surface area contributed by atoms with Crippen molar-refractivity contribution in [3.63, 3.8) is 0 Å². The molecular weight excluding hydrogens is 517 g/mol. The first-order valence-electron chi connectivity index (χ1n) is 10.8. The van der Waals surface area contributed by atoms with E-state index in [2.05, 4.69) is 52.2 Å². The summed E-state index contributed by atoms with van der Waals surface area (Å²) in [7, 11) is 1.67. The number of halogens is 1. The van der Waals surface area contributed by atoms with Crippen molar-refractivity contribution in [2.75, 3.05) is 33.4 Å². The van der Waals surface area contributed by atoms with E-state index in [1.54, 1.807) is 7.11 Å². The van der Waals surface area contributed by atoms with E-state index in [-0.39, 0.29) is 24.0 Å². The molecule has 3 rings (SSSR count). The van der Waals surface area contributed by atoms with Gasteiger partial charge in [-0.05, 0) is 44.5 Å². The first kappa shape index (κ1) is 25.9. The molecule has 174 valence electrons. The number of nitrogens with one attached hydrogen (secondary N) is 2. The maximum atomic E-state index is 5.89. The molecule has 0 fully saturated rings. The summed E-state index contributed by atoms with van der Waals surface area (Å²) in [6, 6.07) is 14.4. The summed E-state index contributed by atoms with van der Waals surface area (Å²) in [5.74, 6) is 2.66. The van der Waals surface area contributed by atoms with Crippen molar-refractivity contribution in [1.29, 1.82) is 0 Å². The summed E-state index contributed by atoms with van der Waals surface area (Å²) < 4.78 is 13.2. The predicted octanol–water partition coefficient (Wildman–Crippen LogP) is 4.05. The second-order valence-electron chi connectivity index (χ2n) is 7.37. The third-order valence-electron chi connectivity index (χ3n) is 4.99. The number of benzene rings is 2. The molecule has 32 heavy (non-hydrogen) atoms. The molecule has 0 saturated heterocycles. The smallest absolute Gasteiger partial charge is 0.191 e. The van der Waals surface area contributed by atoms with Crippen molar-refractivity contribution in [3.05, 3.63) is 59.4 Å². The second kappa shape index (κ2) is 13.3. The average Bonchev–Trinajstić information content (AvgIpc) is 3.08. The molecule has 1 heterocycles. The highest BCUT2D eigenvalue weighted by atomic mass is 127. The number of hydrogen-bond donors (Lipinski definition) is 2. The SMILES string of the molecule is CCNC(=NCc1ccc(C)cc1OCCOC)NCCn1c(C)nc2ccccc21.I. The summed E-state index contributed by atoms with van der Waals surface area (Å²) in [6.45, 7) is 10.1. The minimum Gasteiger partial charge on any atom is -0.491 e. The lowest BCUT2D eigenvalue weighted by Crippen LogP contribution is -2.38. The summed E-state index contributed by atoms with van der Waals surface area (Å²) in [4.78, 5) is 9.40. The molecule has 0 saturated carbocycles. The third kappa shape index (κ3) is 7.09. The van der Waals surface area contributed by atoms with Gasteiger partial charge >= 0.3 is 0 Å². The molecule has 1 aromatic heterocycles. The maximum absolute atomic E-state index is 5.89. The van der Waals surface area contributed by atoms with E-state index in [0.29, 0.717) is 19.8 Å². The number of hydrogen-bond acceptors (Lipinski definition) is 4. The number of fused-ring (bicyclic) bond motifs is 1. The molecule has 2 aromatic carbocycles. The maximum Gasteiger partial charge on any atom is 0.191 e. The molecule has 0 spiro atoms. The Kier molecular flexibility index (Phi) is 10.8. The zero-order valence-corrected chi connectivity index (χ0v) is 21.7. The van der Waals surface area contributed by atoms with Crippen molar-refractivity contribution < 1.29 is 9.47 Å². The van der Waals surface area contributed by atoms with Gasteiger partial charge < -0.3 is 24.7 Å². The van der Waals surface area contributed by atoms with E-state index in [4.69, 9.17) is 14.5 Å². The van der Waals surface area contributed by atoms with E-state index in [0.717, 1.165) is 59.3 Å². The molecule has 0 radical (unpaired) electrons. The molecule has 0 unspecified atom stereocenters. The number of aliphatic imine (C=N–C) groups is 1. The van der Waals surface area contributed by atoms with Gasteiger partial charge in [-0.3, -0.25) is 0 Å². The van der Waals surface area contributed by atoms with Crippen LogP contribution in [0.15, 0.2) is 47.5 Å². The predicted molar refractivity (Wildman–Crippen MR) is 141 cm³/mol. The minimum atomic E-state index is 0. The Morgan fingerprint density at radius 2 is 1.91 bits per heavy atom. The minimum absolute atomic E-state index is 0. The summed E-state index contributed by atoms with van der Waals surface area (Å²) in [5.41, 5.74) is 4.39. The zero-order valence-electron chi connectivity index (χ0n) is 19.4. The highest BCUT2D eigenvalue weighted by Gasteiger charge is 2.08. The number of methoxy groups -OCH3 is 1. The standard InChI is InChI=1S/C24H33N5O2.HI/c1-5-25-24(26-12-13-29-19(3)28-21-8-6-7-9-22(21)29)27-17-20-11-10-18(2)16-23(20)31-15-14-30-4;/h6-11,16H,5,12-15,17H2,1-4H3,(H2,25,26,27);1H. The Morgan fingerprint density at radius 3 is 2.69 bits per heavy atom. The van der Waals surface area contributed by atoms with Gasteiger partial charge in [0.25, 0.3) is 0 Å². The van der Waals surface area contributed by atoms with Gasteiger partial charge in [0.1, 0.15) is 18.2 Å². The van der Waals surface area contributed by atoms with Crippen molar-refractivity contribution in [3.8, 4) is 5.75 Å². The Balaban J connectivity index is 0.00000363. The molecule has 0 aliphatic rings. The molecule has 2 N–H and O–H groups in total. The van der Waals surface area contributed by atoms with Crippen LogP contribution in [-0.4, -0.2) is 48.9 Å². The first-order chi connectivity index (χ1) is 15.1. The zero-order chi connectivity index (χ0) is 22.1. The van der Waals surface area contributed by atoms with Gasteiger partial charge in [-0.15, -0.1) is 24.0 Å². The van der Waals surface area contributed by atoms with E-state index in [1.807, 2.05) is 31.2 Å². The number of guanidine groups is 1. The topological polar surface area (TPSA) is 72.7 Å². The van der Waals surface area contributed by atoms with Gasteiger partial charge in [0.15, 0.2) is 5.96 Å². The lowest BCUT2D eigenvalue weighted by molar-refractivity contribution is 0.145. The van der Waals surface area contributed by atoms with Crippen LogP contribution < -0.4 is 15.4 Å². The fraction of sp³-hybridized carbons (Fsp3) is 0.417. The Morgan fingerprint density at radius 1 is 1.09 bits per heavy atom. The van der Waals surface area contributed by atoms with Gasteiger partial charge in [-0.25, -0.2) is 9.98 Å². The van der Waals surface area contributed by atoms with Gasteiger partial charge in [0, 0.05) is 32.3 Å². The first-order valence-corrected chi connectivity index (χ1v) is 10.8. The number of aryl methyl sites for hydroxylation is 2. The molecule has 0 aliphatic heterocycles. The van der Waals surface area contributed by atoms with Crippen LogP contribution in [0.25, 0.3) is 11.0 Å². The van der Waals surface area contributed by atoms with Crippen LogP contribution in [0.3, 0.4) is 0 Å². The van der Waals surface area contributed by atoms with E-state index in [9.17, 15) is 0 Å².